The second-order valence-electron chi connectivity index (χ2n) is 10.4. The van der Waals surface area contributed by atoms with Crippen molar-refractivity contribution < 1.29 is 42.2 Å². The van der Waals surface area contributed by atoms with Crippen LogP contribution in [0.4, 0.5) is 13.2 Å². The lowest BCUT2D eigenvalue weighted by Gasteiger charge is -2.32. The summed E-state index contributed by atoms with van der Waals surface area (Å²) >= 11 is 0. The van der Waals surface area contributed by atoms with Gasteiger partial charge in [0.15, 0.2) is 11.4 Å². The number of nitrogens with one attached hydrogen (secondary N) is 2. The molecule has 0 bridgehead atoms. The van der Waals surface area contributed by atoms with Crippen molar-refractivity contribution in [2.24, 2.45) is 11.3 Å². The minimum atomic E-state index is -5.04. The van der Waals surface area contributed by atoms with Gasteiger partial charge in [0.2, 0.25) is 11.8 Å². The average Bonchev–Trinajstić information content (AvgIpc) is 3.31. The lowest BCUT2D eigenvalue weighted by Crippen LogP contribution is -2.55. The van der Waals surface area contributed by atoms with Crippen LogP contribution < -0.4 is 10.6 Å². The summed E-state index contributed by atoms with van der Waals surface area (Å²) in [6.07, 6.45) is -2.97. The van der Waals surface area contributed by atoms with Crippen LogP contribution in [0.1, 0.15) is 44.6 Å². The summed E-state index contributed by atoms with van der Waals surface area (Å²) in [7, 11) is 0. The Bertz CT molecular complexity index is 1060. The highest BCUT2D eigenvalue weighted by Crippen LogP contribution is 2.55. The van der Waals surface area contributed by atoms with Crippen LogP contribution in [0, 0.1) is 11.3 Å². The molecule has 2 heterocycles. The van der Waals surface area contributed by atoms with Gasteiger partial charge in [-0.05, 0) is 50.0 Å². The number of hydrogen-bond donors (Lipinski definition) is 3. The van der Waals surface area contributed by atoms with E-state index in [0.717, 1.165) is 12.8 Å². The maximum absolute atomic E-state index is 13.5. The van der Waals surface area contributed by atoms with Crippen molar-refractivity contribution in [1.29, 1.82) is 0 Å². The van der Waals surface area contributed by atoms with Gasteiger partial charge in [-0.2, -0.15) is 0 Å². The number of benzene rings is 1. The highest BCUT2D eigenvalue weighted by atomic mass is 19.4. The summed E-state index contributed by atoms with van der Waals surface area (Å²) in [5, 5.41) is 16.2. The van der Waals surface area contributed by atoms with Gasteiger partial charge in [-0.25, -0.2) is 0 Å². The number of halogens is 3. The summed E-state index contributed by atoms with van der Waals surface area (Å²) in [5.74, 6) is -3.43. The zero-order valence-electron chi connectivity index (χ0n) is 20.3. The first-order valence-corrected chi connectivity index (χ1v) is 12.2. The molecule has 4 rings (SSSR count). The van der Waals surface area contributed by atoms with Crippen molar-refractivity contribution in [1.82, 2.24) is 15.5 Å². The number of hydrogen-bond acceptors (Lipinski definition) is 6. The molecule has 1 aromatic carbocycles. The van der Waals surface area contributed by atoms with E-state index < -0.39 is 54.2 Å². The molecule has 1 unspecified atom stereocenters. The fraction of sp³-hybridized carbons (Fsp3) is 0.600. The number of ether oxygens (including phenoxy) is 1. The van der Waals surface area contributed by atoms with Crippen LogP contribution in [0.25, 0.3) is 0 Å². The third-order valence-corrected chi connectivity index (χ3v) is 7.55. The quantitative estimate of drug-likeness (QED) is 0.448. The summed E-state index contributed by atoms with van der Waals surface area (Å²) in [6.45, 7) is 0.632. The molecule has 0 radical (unpaired) electrons. The topological polar surface area (TPSA) is 125 Å². The van der Waals surface area contributed by atoms with Crippen LogP contribution in [0.15, 0.2) is 30.3 Å². The third kappa shape index (κ3) is 6.12. The summed E-state index contributed by atoms with van der Waals surface area (Å²) < 4.78 is 41.3. The van der Waals surface area contributed by atoms with E-state index in [9.17, 15) is 37.5 Å². The largest absolute Gasteiger partial charge is 0.522 e. The highest BCUT2D eigenvalue weighted by molar-refractivity contribution is 5.96. The van der Waals surface area contributed by atoms with Gasteiger partial charge >= 0.3 is 6.36 Å². The number of ketones is 1. The number of Topliss-reactive ketones (excluding diaryl/α,β-unsaturated/α-hetero) is 1. The molecule has 3 fully saturated rings. The fourth-order valence-corrected chi connectivity index (χ4v) is 5.16. The van der Waals surface area contributed by atoms with E-state index >= 15 is 0 Å². The first-order chi connectivity index (χ1) is 17.3. The molecular weight excluding hydrogens is 495 g/mol. The minimum Gasteiger partial charge on any atom is -0.376 e. The van der Waals surface area contributed by atoms with Crippen LogP contribution in [-0.4, -0.2) is 71.7 Å². The Labute approximate surface area is 211 Å². The van der Waals surface area contributed by atoms with E-state index in [4.69, 9.17) is 0 Å². The maximum Gasteiger partial charge on any atom is 0.522 e. The number of nitrogens with zero attached hydrogens (tertiary/aromatic N) is 1. The molecule has 12 heteroatoms. The van der Waals surface area contributed by atoms with E-state index in [1.54, 1.807) is 30.3 Å². The van der Waals surface area contributed by atoms with E-state index in [1.165, 1.54) is 11.8 Å². The zero-order valence-corrected chi connectivity index (χ0v) is 20.3. The SMILES string of the molecule is CC(O)(C(=O)N1CC2(CC2)C[C@H]1C(=O)N[C@@H](C[C@@H]1CCNC1=O)C(=O)COC(F)(F)F)c1ccccc1. The standard InChI is InChI=1S/C25H30F3N3O6/c1-23(36,16-5-3-2-4-6-16)22(35)31-14-24(8-9-24)12-18(31)21(34)30-17(11-15-7-10-29-20(15)33)19(32)13-37-25(26,27)28/h2-6,15,17-18,36H,7-14H2,1H3,(H,29,33)(H,30,34)/t15-,17-,18-,23?/m0/s1. The number of aliphatic hydroxyl groups is 1. The molecule has 202 valence electrons. The van der Waals surface area contributed by atoms with Gasteiger partial charge in [0.25, 0.3) is 5.91 Å². The summed E-state index contributed by atoms with van der Waals surface area (Å²) in [5.41, 5.74) is -1.84. The number of alkyl halides is 3. The number of rotatable bonds is 9. The predicted octanol–water partition coefficient (Wildman–Crippen LogP) is 1.39. The molecular formula is C25H30F3N3O6. The van der Waals surface area contributed by atoms with Crippen LogP contribution in [0.2, 0.25) is 0 Å². The van der Waals surface area contributed by atoms with Crippen molar-refractivity contribution in [2.45, 2.75) is 63.1 Å². The average molecular weight is 526 g/mol. The molecule has 2 aliphatic heterocycles. The van der Waals surface area contributed by atoms with E-state index in [1.807, 2.05) is 0 Å². The highest BCUT2D eigenvalue weighted by Gasteiger charge is 2.57. The summed E-state index contributed by atoms with van der Waals surface area (Å²) in [4.78, 5) is 52.9. The number of likely N-dealkylation sites (tertiary alicyclic amines) is 1. The van der Waals surface area contributed by atoms with Gasteiger partial charge in [0, 0.05) is 19.0 Å². The summed E-state index contributed by atoms with van der Waals surface area (Å²) in [6, 6.07) is 5.83. The molecule has 1 aromatic rings. The first kappa shape index (κ1) is 27.1. The lowest BCUT2D eigenvalue weighted by molar-refractivity contribution is -0.321. The van der Waals surface area contributed by atoms with Gasteiger partial charge in [0.1, 0.15) is 12.6 Å². The third-order valence-electron chi connectivity index (χ3n) is 7.55. The lowest BCUT2D eigenvalue weighted by atomic mass is 9.93. The molecule has 1 aliphatic carbocycles. The molecule has 1 spiro atoms. The van der Waals surface area contributed by atoms with Crippen LogP contribution in [0.3, 0.4) is 0 Å². The molecule has 0 aromatic heterocycles. The first-order valence-electron chi connectivity index (χ1n) is 12.2. The van der Waals surface area contributed by atoms with Gasteiger partial charge in [-0.3, -0.25) is 23.9 Å². The fourth-order valence-electron chi connectivity index (χ4n) is 5.16. The van der Waals surface area contributed by atoms with Crippen LogP contribution in [0.5, 0.6) is 0 Å². The molecule has 2 saturated heterocycles. The van der Waals surface area contributed by atoms with Gasteiger partial charge < -0.3 is 20.6 Å². The number of carbonyl (C=O) groups is 4. The number of amides is 3. The Morgan fingerprint density at radius 3 is 2.49 bits per heavy atom. The Kier molecular flexibility index (Phi) is 7.35. The molecule has 3 amide bonds. The second-order valence-corrected chi connectivity index (χ2v) is 10.4. The van der Waals surface area contributed by atoms with Crippen molar-refractivity contribution in [2.75, 3.05) is 19.7 Å². The molecule has 9 nitrogen and oxygen atoms in total. The molecule has 3 N–H and O–H groups in total. The normalized spacial score (nSPS) is 24.9. The van der Waals surface area contributed by atoms with Crippen molar-refractivity contribution in [3.05, 3.63) is 35.9 Å². The molecule has 4 atom stereocenters. The minimum absolute atomic E-state index is 0.189. The molecule has 3 aliphatic rings. The van der Waals surface area contributed by atoms with E-state index in [-0.39, 0.29) is 24.3 Å². The van der Waals surface area contributed by atoms with Crippen molar-refractivity contribution in [3.63, 3.8) is 0 Å². The monoisotopic (exact) mass is 525 g/mol. The van der Waals surface area contributed by atoms with Crippen molar-refractivity contribution >= 4 is 23.5 Å². The molecule has 1 saturated carbocycles. The van der Waals surface area contributed by atoms with E-state index in [2.05, 4.69) is 15.4 Å². The Hall–Kier alpha value is -2.99. The van der Waals surface area contributed by atoms with Crippen molar-refractivity contribution in [3.8, 4) is 0 Å². The van der Waals surface area contributed by atoms with Gasteiger partial charge in [0.05, 0.1) is 6.04 Å². The van der Waals surface area contributed by atoms with Crippen LogP contribution in [-0.2, 0) is 29.5 Å². The zero-order chi connectivity index (χ0) is 27.0. The smallest absolute Gasteiger partial charge is 0.376 e. The predicted molar refractivity (Wildman–Crippen MR) is 122 cm³/mol. The Morgan fingerprint density at radius 2 is 1.92 bits per heavy atom. The maximum atomic E-state index is 13.5. The Morgan fingerprint density at radius 1 is 1.24 bits per heavy atom. The number of carbonyl (C=O) groups excluding carboxylic acids is 4. The van der Waals surface area contributed by atoms with Gasteiger partial charge in [-0.15, -0.1) is 13.2 Å². The molecule has 37 heavy (non-hydrogen) atoms. The van der Waals surface area contributed by atoms with Gasteiger partial charge in [-0.1, -0.05) is 30.3 Å². The van der Waals surface area contributed by atoms with Crippen LogP contribution >= 0.6 is 0 Å². The Balaban J connectivity index is 1.52. The van der Waals surface area contributed by atoms with E-state index in [0.29, 0.717) is 24.9 Å². The second kappa shape index (κ2) is 10.1.